The summed E-state index contributed by atoms with van der Waals surface area (Å²) in [5, 5.41) is 10.7. The molecule has 0 spiro atoms. The highest BCUT2D eigenvalue weighted by Gasteiger charge is 2.35. The first-order valence-electron chi connectivity index (χ1n) is 9.41. The topological polar surface area (TPSA) is 49.8 Å². The Labute approximate surface area is 165 Å². The maximum atomic E-state index is 12.5. The number of nitrogens with zero attached hydrogens (tertiary/aromatic N) is 1. The van der Waals surface area contributed by atoms with Gasteiger partial charge in [-0.15, -0.1) is 0 Å². The number of ether oxygens (including phenoxy) is 1. The van der Waals surface area contributed by atoms with Gasteiger partial charge in [0.05, 0.1) is 13.0 Å². The van der Waals surface area contributed by atoms with Crippen molar-refractivity contribution in [3.05, 3.63) is 65.2 Å². The van der Waals surface area contributed by atoms with E-state index in [-0.39, 0.29) is 17.9 Å². The first kappa shape index (κ1) is 19.7. The summed E-state index contributed by atoms with van der Waals surface area (Å²) in [6.07, 6.45) is 2.78. The normalized spacial score (nSPS) is 16.1. The summed E-state index contributed by atoms with van der Waals surface area (Å²) in [6, 6.07) is 17.3. The predicted molar refractivity (Wildman–Crippen MR) is 107 cm³/mol. The van der Waals surface area contributed by atoms with Gasteiger partial charge in [-0.2, -0.15) is 0 Å². The van der Waals surface area contributed by atoms with Gasteiger partial charge in [-0.25, -0.2) is 0 Å². The number of aliphatic hydroxyl groups excluding tert-OH is 1. The van der Waals surface area contributed by atoms with Crippen LogP contribution in [0.2, 0.25) is 5.02 Å². The minimum absolute atomic E-state index is 0.115. The number of halogens is 1. The van der Waals surface area contributed by atoms with E-state index in [1.807, 2.05) is 59.5 Å². The van der Waals surface area contributed by atoms with Crippen molar-refractivity contribution < 1.29 is 14.6 Å². The molecule has 0 radical (unpaired) electrons. The summed E-state index contributed by atoms with van der Waals surface area (Å²) in [6.45, 7) is 1.88. The van der Waals surface area contributed by atoms with Crippen molar-refractivity contribution in [3.63, 3.8) is 0 Å². The highest BCUT2D eigenvalue weighted by molar-refractivity contribution is 6.30. The Morgan fingerprint density at radius 3 is 2.37 bits per heavy atom. The molecule has 1 fully saturated rings. The fourth-order valence-corrected chi connectivity index (χ4v) is 3.71. The highest BCUT2D eigenvalue weighted by atomic mass is 35.5. The Balaban J connectivity index is 1.47. The Morgan fingerprint density at radius 2 is 1.74 bits per heavy atom. The van der Waals surface area contributed by atoms with Crippen LogP contribution in [0, 0.1) is 5.41 Å². The molecule has 2 aromatic carbocycles. The van der Waals surface area contributed by atoms with E-state index in [2.05, 4.69) is 0 Å². The van der Waals surface area contributed by atoms with Crippen LogP contribution in [0.4, 0.5) is 0 Å². The molecular weight excluding hydrogens is 362 g/mol. The standard InChI is InChI=1S/C22H26ClNO3/c23-19-8-6-18(7-9-19)16-22(17-25)11-13-24(14-12-22)21(26)10-15-27-20-4-2-1-3-5-20/h1-9,25H,10-17H2. The molecule has 0 aliphatic carbocycles. The molecule has 1 N–H and O–H groups in total. The fraction of sp³-hybridized carbons (Fsp3) is 0.409. The van der Waals surface area contributed by atoms with Crippen LogP contribution < -0.4 is 4.74 Å². The minimum atomic E-state index is -0.162. The van der Waals surface area contributed by atoms with E-state index in [1.165, 1.54) is 5.56 Å². The molecule has 1 heterocycles. The number of carbonyl (C=O) groups excluding carboxylic acids is 1. The lowest BCUT2D eigenvalue weighted by Crippen LogP contribution is -2.45. The third-order valence-electron chi connectivity index (χ3n) is 5.33. The van der Waals surface area contributed by atoms with Crippen LogP contribution in [0.3, 0.4) is 0 Å². The molecule has 27 heavy (non-hydrogen) atoms. The molecule has 2 aromatic rings. The molecule has 4 nitrogen and oxygen atoms in total. The minimum Gasteiger partial charge on any atom is -0.493 e. The molecule has 1 saturated heterocycles. The largest absolute Gasteiger partial charge is 0.493 e. The molecule has 0 saturated carbocycles. The van der Waals surface area contributed by atoms with Crippen LogP contribution in [0.1, 0.15) is 24.8 Å². The van der Waals surface area contributed by atoms with Crippen LogP contribution in [-0.2, 0) is 11.2 Å². The van der Waals surface area contributed by atoms with Crippen molar-refractivity contribution in [2.75, 3.05) is 26.3 Å². The monoisotopic (exact) mass is 387 g/mol. The second kappa shape index (κ2) is 9.25. The van der Waals surface area contributed by atoms with Gasteiger partial charge in [-0.05, 0) is 49.1 Å². The number of carbonyl (C=O) groups is 1. The number of benzene rings is 2. The number of likely N-dealkylation sites (tertiary alicyclic amines) is 1. The maximum Gasteiger partial charge on any atom is 0.225 e. The van der Waals surface area contributed by atoms with Crippen LogP contribution in [0.15, 0.2) is 54.6 Å². The Kier molecular flexibility index (Phi) is 6.75. The first-order chi connectivity index (χ1) is 13.1. The van der Waals surface area contributed by atoms with Gasteiger partial charge < -0.3 is 14.7 Å². The number of hydrogen-bond acceptors (Lipinski definition) is 3. The fourth-order valence-electron chi connectivity index (χ4n) is 3.59. The van der Waals surface area contributed by atoms with E-state index in [0.717, 1.165) is 30.0 Å². The lowest BCUT2D eigenvalue weighted by molar-refractivity contribution is -0.134. The molecule has 1 amide bonds. The van der Waals surface area contributed by atoms with E-state index in [0.29, 0.717) is 26.1 Å². The lowest BCUT2D eigenvalue weighted by Gasteiger charge is -2.41. The van der Waals surface area contributed by atoms with Gasteiger partial charge in [0, 0.05) is 30.1 Å². The smallest absolute Gasteiger partial charge is 0.225 e. The average Bonchev–Trinajstić information content (AvgIpc) is 2.71. The molecule has 0 unspecified atom stereocenters. The Morgan fingerprint density at radius 1 is 1.07 bits per heavy atom. The molecular formula is C22H26ClNO3. The zero-order valence-corrected chi connectivity index (χ0v) is 16.2. The molecule has 0 aromatic heterocycles. The zero-order chi connectivity index (χ0) is 19.1. The van der Waals surface area contributed by atoms with E-state index >= 15 is 0 Å². The first-order valence-corrected chi connectivity index (χ1v) is 9.79. The number of hydrogen-bond donors (Lipinski definition) is 1. The van der Waals surface area contributed by atoms with Gasteiger partial charge in [-0.1, -0.05) is 41.9 Å². The summed E-state index contributed by atoms with van der Waals surface area (Å²) in [5.41, 5.74) is 1.01. The van der Waals surface area contributed by atoms with Gasteiger partial charge in [-0.3, -0.25) is 4.79 Å². The van der Waals surface area contributed by atoms with Gasteiger partial charge in [0.1, 0.15) is 5.75 Å². The zero-order valence-electron chi connectivity index (χ0n) is 15.4. The maximum absolute atomic E-state index is 12.5. The number of piperidine rings is 1. The Hall–Kier alpha value is -2.04. The molecule has 144 valence electrons. The van der Waals surface area contributed by atoms with E-state index in [9.17, 15) is 9.90 Å². The summed E-state index contributed by atoms with van der Waals surface area (Å²) in [7, 11) is 0. The second-order valence-electron chi connectivity index (χ2n) is 7.25. The molecule has 3 rings (SSSR count). The van der Waals surface area contributed by atoms with E-state index in [1.54, 1.807) is 0 Å². The highest BCUT2D eigenvalue weighted by Crippen LogP contribution is 2.35. The number of amides is 1. The van der Waals surface area contributed by atoms with E-state index in [4.69, 9.17) is 16.3 Å². The van der Waals surface area contributed by atoms with Crippen molar-refractivity contribution in [1.29, 1.82) is 0 Å². The molecule has 1 aliphatic heterocycles. The Bertz CT molecular complexity index is 725. The molecule has 0 atom stereocenters. The van der Waals surface area contributed by atoms with Crippen molar-refractivity contribution >= 4 is 17.5 Å². The quantitative estimate of drug-likeness (QED) is 0.782. The predicted octanol–water partition coefficient (Wildman–Crippen LogP) is 3.95. The summed E-state index contributed by atoms with van der Waals surface area (Å²) in [4.78, 5) is 14.3. The molecule has 5 heteroatoms. The average molecular weight is 388 g/mol. The van der Waals surface area contributed by atoms with Crippen molar-refractivity contribution in [3.8, 4) is 5.75 Å². The van der Waals surface area contributed by atoms with Crippen molar-refractivity contribution in [2.45, 2.75) is 25.7 Å². The summed E-state index contributed by atoms with van der Waals surface area (Å²) >= 11 is 5.95. The second-order valence-corrected chi connectivity index (χ2v) is 7.69. The third kappa shape index (κ3) is 5.47. The van der Waals surface area contributed by atoms with Crippen LogP contribution in [-0.4, -0.2) is 42.2 Å². The SMILES string of the molecule is O=C(CCOc1ccccc1)N1CCC(CO)(Cc2ccc(Cl)cc2)CC1. The molecule has 1 aliphatic rings. The van der Waals surface area contributed by atoms with Gasteiger partial charge in [0.15, 0.2) is 0 Å². The van der Waals surface area contributed by atoms with Crippen LogP contribution in [0.5, 0.6) is 5.75 Å². The van der Waals surface area contributed by atoms with Crippen LogP contribution >= 0.6 is 11.6 Å². The van der Waals surface area contributed by atoms with Crippen molar-refractivity contribution in [2.24, 2.45) is 5.41 Å². The van der Waals surface area contributed by atoms with Gasteiger partial charge in [0.25, 0.3) is 0 Å². The third-order valence-corrected chi connectivity index (χ3v) is 5.58. The number of para-hydroxylation sites is 1. The lowest BCUT2D eigenvalue weighted by atomic mass is 9.74. The number of aliphatic hydroxyl groups is 1. The summed E-state index contributed by atoms with van der Waals surface area (Å²) in [5.74, 6) is 0.898. The van der Waals surface area contributed by atoms with Gasteiger partial charge in [0.2, 0.25) is 5.91 Å². The van der Waals surface area contributed by atoms with Crippen molar-refractivity contribution in [1.82, 2.24) is 4.90 Å². The van der Waals surface area contributed by atoms with Gasteiger partial charge >= 0.3 is 0 Å². The number of rotatable bonds is 7. The molecule has 0 bridgehead atoms. The summed E-state index contributed by atoms with van der Waals surface area (Å²) < 4.78 is 5.62. The van der Waals surface area contributed by atoms with Crippen LogP contribution in [0.25, 0.3) is 0 Å². The van der Waals surface area contributed by atoms with E-state index < -0.39 is 0 Å².